The highest BCUT2D eigenvalue weighted by Gasteiger charge is 2.20. The zero-order valence-corrected chi connectivity index (χ0v) is 19.2. The zero-order valence-electron chi connectivity index (χ0n) is 19.2. The van der Waals surface area contributed by atoms with E-state index in [0.29, 0.717) is 5.75 Å². The Morgan fingerprint density at radius 2 is 1.57 bits per heavy atom. The molecule has 1 aromatic heterocycles. The van der Waals surface area contributed by atoms with E-state index in [4.69, 9.17) is 4.74 Å². The molecule has 1 aromatic carbocycles. The number of carbonyl (C=O) groups is 1. The quantitative estimate of drug-likeness (QED) is 0.308. The lowest BCUT2D eigenvalue weighted by molar-refractivity contribution is -0.120. The molecule has 0 fully saturated rings. The van der Waals surface area contributed by atoms with Crippen molar-refractivity contribution in [2.75, 3.05) is 12.4 Å². The molecule has 0 unspecified atom stereocenters. The summed E-state index contributed by atoms with van der Waals surface area (Å²) in [6, 6.07) is 5.83. The number of hydrogen-bond donors (Lipinski definition) is 1. The van der Waals surface area contributed by atoms with Crippen LogP contribution in [0.4, 0.5) is 5.69 Å². The lowest BCUT2D eigenvalue weighted by Gasteiger charge is -2.19. The molecule has 1 amide bonds. The Morgan fingerprint density at radius 1 is 0.933 bits per heavy atom. The van der Waals surface area contributed by atoms with Gasteiger partial charge in [-0.05, 0) is 31.0 Å². The molecule has 2 aromatic rings. The number of aromatic nitrogens is 1. The van der Waals surface area contributed by atoms with Crippen LogP contribution in [0.3, 0.4) is 0 Å². The molecule has 0 aliphatic rings. The normalized spacial score (nSPS) is 11.2. The van der Waals surface area contributed by atoms with Gasteiger partial charge in [0.25, 0.3) is 0 Å². The molecule has 1 heterocycles. The first-order valence-corrected chi connectivity index (χ1v) is 11.9. The summed E-state index contributed by atoms with van der Waals surface area (Å²) in [4.78, 5) is 17.5. The SMILES string of the molecule is CCCCCCCC(CCCCCCC)C(=O)Nc1c(OC)ccc2cnccc12. The van der Waals surface area contributed by atoms with Crippen LogP contribution >= 0.6 is 0 Å². The van der Waals surface area contributed by atoms with Crippen LogP contribution in [-0.4, -0.2) is 18.0 Å². The highest BCUT2D eigenvalue weighted by Crippen LogP contribution is 2.33. The number of nitrogens with zero attached hydrogens (tertiary/aromatic N) is 1. The number of pyridine rings is 1. The van der Waals surface area contributed by atoms with Crippen LogP contribution < -0.4 is 10.1 Å². The molecule has 2 rings (SSSR count). The van der Waals surface area contributed by atoms with E-state index in [1.807, 2.05) is 24.4 Å². The number of unbranched alkanes of at least 4 members (excludes halogenated alkanes) is 8. The zero-order chi connectivity index (χ0) is 21.6. The maximum Gasteiger partial charge on any atom is 0.227 e. The van der Waals surface area contributed by atoms with Crippen LogP contribution in [0.15, 0.2) is 30.6 Å². The molecule has 4 heteroatoms. The topological polar surface area (TPSA) is 51.2 Å². The van der Waals surface area contributed by atoms with Crippen molar-refractivity contribution in [2.45, 2.75) is 90.9 Å². The Labute approximate surface area is 182 Å². The summed E-state index contributed by atoms with van der Waals surface area (Å²) in [5, 5.41) is 5.20. The van der Waals surface area contributed by atoms with E-state index in [0.717, 1.165) is 42.1 Å². The molecule has 1 N–H and O–H groups in total. The second-order valence-electron chi connectivity index (χ2n) is 8.33. The lowest BCUT2D eigenvalue weighted by Crippen LogP contribution is -2.23. The number of benzene rings is 1. The minimum Gasteiger partial charge on any atom is -0.495 e. The van der Waals surface area contributed by atoms with E-state index in [1.165, 1.54) is 51.4 Å². The van der Waals surface area contributed by atoms with E-state index in [2.05, 4.69) is 24.1 Å². The Hall–Kier alpha value is -2.10. The van der Waals surface area contributed by atoms with Crippen LogP contribution in [0, 0.1) is 5.92 Å². The number of hydrogen-bond acceptors (Lipinski definition) is 3. The van der Waals surface area contributed by atoms with E-state index in [-0.39, 0.29) is 11.8 Å². The van der Waals surface area contributed by atoms with Gasteiger partial charge >= 0.3 is 0 Å². The summed E-state index contributed by atoms with van der Waals surface area (Å²) >= 11 is 0. The summed E-state index contributed by atoms with van der Waals surface area (Å²) < 4.78 is 5.55. The van der Waals surface area contributed by atoms with Gasteiger partial charge in [0.2, 0.25) is 5.91 Å². The predicted octanol–water partition coefficient (Wildman–Crippen LogP) is 7.52. The third-order valence-corrected chi connectivity index (χ3v) is 5.93. The number of methoxy groups -OCH3 is 1. The molecule has 0 saturated heterocycles. The fraction of sp³-hybridized carbons (Fsp3) is 0.615. The van der Waals surface area contributed by atoms with Crippen molar-refractivity contribution in [1.82, 2.24) is 4.98 Å². The second kappa shape index (κ2) is 14.0. The van der Waals surface area contributed by atoms with Crippen molar-refractivity contribution in [3.05, 3.63) is 30.6 Å². The molecule has 0 atom stereocenters. The molecular formula is C26H40N2O2. The highest BCUT2D eigenvalue weighted by molar-refractivity contribution is 6.05. The van der Waals surface area contributed by atoms with Crippen molar-refractivity contribution in [1.29, 1.82) is 0 Å². The Morgan fingerprint density at radius 3 is 2.17 bits per heavy atom. The average Bonchev–Trinajstić information content (AvgIpc) is 2.77. The van der Waals surface area contributed by atoms with E-state index >= 15 is 0 Å². The number of amides is 1. The monoisotopic (exact) mass is 412 g/mol. The largest absolute Gasteiger partial charge is 0.495 e. The summed E-state index contributed by atoms with van der Waals surface area (Å²) in [6.45, 7) is 4.47. The number of carbonyl (C=O) groups excluding carboxylic acids is 1. The van der Waals surface area contributed by atoms with Crippen molar-refractivity contribution >= 4 is 22.4 Å². The first-order valence-electron chi connectivity index (χ1n) is 11.9. The van der Waals surface area contributed by atoms with Crippen molar-refractivity contribution < 1.29 is 9.53 Å². The van der Waals surface area contributed by atoms with Crippen molar-refractivity contribution in [2.24, 2.45) is 5.92 Å². The molecule has 30 heavy (non-hydrogen) atoms. The molecule has 0 saturated carbocycles. The van der Waals surface area contributed by atoms with Gasteiger partial charge in [-0.1, -0.05) is 78.1 Å². The average molecular weight is 413 g/mol. The van der Waals surface area contributed by atoms with E-state index < -0.39 is 0 Å². The van der Waals surface area contributed by atoms with Gasteiger partial charge in [0.1, 0.15) is 5.75 Å². The van der Waals surface area contributed by atoms with Gasteiger partial charge in [-0.3, -0.25) is 9.78 Å². The van der Waals surface area contributed by atoms with Crippen LogP contribution in [0.5, 0.6) is 5.75 Å². The van der Waals surface area contributed by atoms with Gasteiger partial charge in [0, 0.05) is 29.1 Å². The van der Waals surface area contributed by atoms with Gasteiger partial charge in [0.15, 0.2) is 0 Å². The fourth-order valence-corrected chi connectivity index (χ4v) is 4.07. The minimum atomic E-state index is 0.0649. The summed E-state index contributed by atoms with van der Waals surface area (Å²) in [7, 11) is 1.65. The number of fused-ring (bicyclic) bond motifs is 1. The van der Waals surface area contributed by atoms with Crippen LogP contribution in [-0.2, 0) is 4.79 Å². The smallest absolute Gasteiger partial charge is 0.227 e. The standard InChI is InChI=1S/C26H40N2O2/c1-4-6-8-10-12-14-21(15-13-11-9-7-5-2)26(29)28-25-23-18-19-27-20-22(23)16-17-24(25)30-3/h16-21H,4-15H2,1-3H3,(H,28,29). The summed E-state index contributed by atoms with van der Waals surface area (Å²) in [5.74, 6) is 0.894. The van der Waals surface area contributed by atoms with Crippen molar-refractivity contribution in [3.63, 3.8) is 0 Å². The van der Waals surface area contributed by atoms with Crippen LogP contribution in [0.2, 0.25) is 0 Å². The lowest BCUT2D eigenvalue weighted by atomic mass is 9.93. The van der Waals surface area contributed by atoms with Crippen molar-refractivity contribution in [3.8, 4) is 5.75 Å². The van der Waals surface area contributed by atoms with E-state index in [9.17, 15) is 4.79 Å². The molecule has 0 aliphatic heterocycles. The first kappa shape index (κ1) is 24.2. The molecular weight excluding hydrogens is 372 g/mol. The third-order valence-electron chi connectivity index (χ3n) is 5.93. The third kappa shape index (κ3) is 7.62. The van der Waals surface area contributed by atoms with Gasteiger partial charge in [-0.2, -0.15) is 0 Å². The van der Waals surface area contributed by atoms with E-state index in [1.54, 1.807) is 13.3 Å². The summed E-state index contributed by atoms with van der Waals surface area (Å²) in [6.07, 6.45) is 17.8. The fourth-order valence-electron chi connectivity index (χ4n) is 4.07. The Kier molecular flexibility index (Phi) is 11.3. The molecule has 4 nitrogen and oxygen atoms in total. The molecule has 0 radical (unpaired) electrons. The molecule has 166 valence electrons. The van der Waals surface area contributed by atoms with Gasteiger partial charge in [0.05, 0.1) is 12.8 Å². The minimum absolute atomic E-state index is 0.0649. The maximum absolute atomic E-state index is 13.3. The second-order valence-corrected chi connectivity index (χ2v) is 8.33. The number of rotatable bonds is 15. The Bertz CT molecular complexity index is 746. The van der Waals surface area contributed by atoms with Crippen LogP contribution in [0.1, 0.15) is 90.9 Å². The van der Waals surface area contributed by atoms with Gasteiger partial charge < -0.3 is 10.1 Å². The molecule has 0 spiro atoms. The van der Waals surface area contributed by atoms with Gasteiger partial charge in [-0.25, -0.2) is 0 Å². The molecule has 0 aliphatic carbocycles. The first-order chi connectivity index (χ1) is 14.7. The van der Waals surface area contributed by atoms with Crippen LogP contribution in [0.25, 0.3) is 10.8 Å². The number of ether oxygens (including phenoxy) is 1. The summed E-state index contributed by atoms with van der Waals surface area (Å²) in [5.41, 5.74) is 0.768. The predicted molar refractivity (Wildman–Crippen MR) is 127 cm³/mol. The number of nitrogens with one attached hydrogen (secondary N) is 1. The highest BCUT2D eigenvalue weighted by atomic mass is 16.5. The Balaban J connectivity index is 2.07. The van der Waals surface area contributed by atoms with Gasteiger partial charge in [-0.15, -0.1) is 0 Å². The molecule has 0 bridgehead atoms. The number of anilines is 1. The maximum atomic E-state index is 13.3.